The van der Waals surface area contributed by atoms with E-state index in [1.54, 1.807) is 16.7 Å². The van der Waals surface area contributed by atoms with E-state index in [9.17, 15) is 4.79 Å². The maximum atomic E-state index is 10.8. The zero-order chi connectivity index (χ0) is 28.9. The lowest BCUT2D eigenvalue weighted by Gasteiger charge is -2.37. The fourth-order valence-electron chi connectivity index (χ4n) is 6.19. The molecule has 2 aliphatic heterocycles. The molecule has 3 N–H and O–H groups in total. The molecule has 0 bridgehead atoms. The summed E-state index contributed by atoms with van der Waals surface area (Å²) in [5.41, 5.74) is 14.6. The van der Waals surface area contributed by atoms with E-state index in [0.717, 1.165) is 24.5 Å². The lowest BCUT2D eigenvalue weighted by Crippen LogP contribution is -2.43. The molecule has 40 heavy (non-hydrogen) atoms. The van der Waals surface area contributed by atoms with Gasteiger partial charge in [-0.15, -0.1) is 0 Å². The van der Waals surface area contributed by atoms with E-state index in [1.165, 1.54) is 55.2 Å². The maximum absolute atomic E-state index is 10.8. The first kappa shape index (κ1) is 29.9. The number of benzene rings is 2. The minimum atomic E-state index is -0.0284. The van der Waals surface area contributed by atoms with E-state index in [4.69, 9.17) is 10.5 Å². The largest absolute Gasteiger partial charge is 0.488 e. The van der Waals surface area contributed by atoms with E-state index in [-0.39, 0.29) is 23.5 Å². The molecule has 216 valence electrons. The van der Waals surface area contributed by atoms with Crippen LogP contribution in [-0.2, 0) is 17.6 Å². The summed E-state index contributed by atoms with van der Waals surface area (Å²) in [5, 5.41) is 2.43. The molecule has 0 spiro atoms. The first-order chi connectivity index (χ1) is 19.1. The molecular formula is C35H49N3O2. The number of para-hydroxylation sites is 1. The number of ether oxygens (including phenoxy) is 1. The third-order valence-electron chi connectivity index (χ3n) is 8.41. The number of guanidine groups is 1. The predicted octanol–water partition coefficient (Wildman–Crippen LogP) is 7.72. The van der Waals surface area contributed by atoms with Gasteiger partial charge in [0.15, 0.2) is 5.96 Å². The van der Waals surface area contributed by atoms with Crippen LogP contribution in [0.1, 0.15) is 115 Å². The van der Waals surface area contributed by atoms with Crippen LogP contribution in [-0.4, -0.2) is 23.5 Å². The number of nitrogens with one attached hydrogen (secondary N) is 1. The number of carbonyl (C=O) groups is 1. The predicted molar refractivity (Wildman–Crippen MR) is 167 cm³/mol. The van der Waals surface area contributed by atoms with Crippen LogP contribution >= 0.6 is 0 Å². The third-order valence-corrected chi connectivity index (χ3v) is 8.41. The molecule has 5 nitrogen and oxygen atoms in total. The third kappa shape index (κ3) is 7.99. The number of fused-ring (bicyclic) bond motifs is 2. The summed E-state index contributed by atoms with van der Waals surface area (Å²) >= 11 is 0. The van der Waals surface area contributed by atoms with Crippen molar-refractivity contribution in [2.75, 3.05) is 0 Å². The van der Waals surface area contributed by atoms with Gasteiger partial charge in [-0.2, -0.15) is 0 Å². The molecule has 0 aromatic heterocycles. The van der Waals surface area contributed by atoms with Crippen molar-refractivity contribution in [3.8, 4) is 5.75 Å². The van der Waals surface area contributed by atoms with E-state index >= 15 is 0 Å². The second kappa shape index (κ2) is 13.1. The number of rotatable bonds is 4. The Labute approximate surface area is 241 Å². The Balaban J connectivity index is 0.000000142. The Bertz CT molecular complexity index is 1250. The van der Waals surface area contributed by atoms with Gasteiger partial charge in [0, 0.05) is 6.42 Å². The minimum Gasteiger partial charge on any atom is -0.488 e. The number of hydrogen-bond acceptors (Lipinski definition) is 4. The standard InChI is InChI=1S/C15H18.C14H20O.C6H11N3O/c1-10-7-14-6-5-13(9-15(14)8-10)11(2)12-3-4-12;1-4-7-11-10-14(2,3)15-13-9-6-5-8-12(11)13;1-2-4-3-5(10)9-6(7)8-4/h5-6,9-10H,3-4,7-8H2,1-2H3;5-6,8-9,11H,4,7,10H2,1-3H3;4H,2-3H2,1H3,(H3,7,8,9,10). The van der Waals surface area contributed by atoms with Crippen molar-refractivity contribution in [3.05, 3.63) is 70.3 Å². The zero-order valence-corrected chi connectivity index (χ0v) is 25.5. The first-order valence-corrected chi connectivity index (χ1v) is 15.3. The Kier molecular flexibility index (Phi) is 9.76. The Morgan fingerprint density at radius 1 is 1.07 bits per heavy atom. The van der Waals surface area contributed by atoms with Crippen LogP contribution < -0.4 is 15.8 Å². The summed E-state index contributed by atoms with van der Waals surface area (Å²) in [4.78, 5) is 14.8. The summed E-state index contributed by atoms with van der Waals surface area (Å²) < 4.78 is 6.00. The van der Waals surface area contributed by atoms with E-state index in [2.05, 4.69) is 87.4 Å². The molecule has 2 aromatic carbocycles. The van der Waals surface area contributed by atoms with Gasteiger partial charge in [0.05, 0.1) is 6.04 Å². The molecule has 0 saturated heterocycles. The molecule has 0 radical (unpaired) electrons. The number of nitrogens with zero attached hydrogens (tertiary/aromatic N) is 1. The summed E-state index contributed by atoms with van der Waals surface area (Å²) in [6.45, 7) is 13.2. The van der Waals surface area contributed by atoms with Crippen LogP contribution in [0.3, 0.4) is 0 Å². The molecule has 1 saturated carbocycles. The number of hydrogen-bond donors (Lipinski definition) is 2. The van der Waals surface area contributed by atoms with Crippen molar-refractivity contribution in [2.24, 2.45) is 16.6 Å². The summed E-state index contributed by atoms with van der Waals surface area (Å²) in [7, 11) is 0. The molecular weight excluding hydrogens is 494 g/mol. The molecule has 2 aliphatic carbocycles. The van der Waals surface area contributed by atoms with Crippen LogP contribution in [0.2, 0.25) is 0 Å². The Hall–Kier alpha value is -3.08. The van der Waals surface area contributed by atoms with Gasteiger partial charge in [0.25, 0.3) is 0 Å². The van der Waals surface area contributed by atoms with Crippen molar-refractivity contribution in [2.45, 2.75) is 117 Å². The monoisotopic (exact) mass is 543 g/mol. The van der Waals surface area contributed by atoms with Crippen molar-refractivity contribution < 1.29 is 9.53 Å². The maximum Gasteiger partial charge on any atom is 0.228 e. The van der Waals surface area contributed by atoms with E-state index in [0.29, 0.717) is 12.3 Å². The van der Waals surface area contributed by atoms with Gasteiger partial charge >= 0.3 is 0 Å². The van der Waals surface area contributed by atoms with Gasteiger partial charge < -0.3 is 10.5 Å². The highest BCUT2D eigenvalue weighted by Crippen LogP contribution is 2.42. The smallest absolute Gasteiger partial charge is 0.228 e. The lowest BCUT2D eigenvalue weighted by molar-refractivity contribution is -0.120. The van der Waals surface area contributed by atoms with Gasteiger partial charge in [-0.3, -0.25) is 10.1 Å². The second-order valence-electron chi connectivity index (χ2n) is 12.6. The van der Waals surface area contributed by atoms with Gasteiger partial charge in [-0.1, -0.05) is 69.2 Å². The molecule has 6 rings (SSSR count). The number of allylic oxidation sites excluding steroid dienone is 2. The van der Waals surface area contributed by atoms with Crippen LogP contribution in [0.5, 0.6) is 5.75 Å². The fraction of sp³-hybridized carbons (Fsp3) is 0.543. The first-order valence-electron chi connectivity index (χ1n) is 15.3. The van der Waals surface area contributed by atoms with Crippen molar-refractivity contribution in [1.82, 2.24) is 5.32 Å². The van der Waals surface area contributed by atoms with Crippen molar-refractivity contribution in [3.63, 3.8) is 0 Å². The van der Waals surface area contributed by atoms with Gasteiger partial charge in [0.2, 0.25) is 5.91 Å². The fourth-order valence-corrected chi connectivity index (χ4v) is 6.19. The molecule has 2 heterocycles. The van der Waals surface area contributed by atoms with Crippen molar-refractivity contribution >= 4 is 17.4 Å². The molecule has 1 amide bonds. The average Bonchev–Trinajstić information content (AvgIpc) is 3.68. The Morgan fingerprint density at radius 3 is 2.48 bits per heavy atom. The number of amides is 1. The van der Waals surface area contributed by atoms with Gasteiger partial charge in [-0.25, -0.2) is 4.99 Å². The minimum absolute atomic E-state index is 0.00576. The summed E-state index contributed by atoms with van der Waals surface area (Å²) in [6.07, 6.45) is 10.2. The SMILES string of the molecule is CC(=C1CC1)c1ccc2c(c1)CC(C)C2.CCC1CC(=O)NC(N)=N1.CCCC1CC(C)(C)Oc2ccccc21. The van der Waals surface area contributed by atoms with Crippen LogP contribution in [0.15, 0.2) is 53.0 Å². The highest BCUT2D eigenvalue weighted by atomic mass is 16.5. The summed E-state index contributed by atoms with van der Waals surface area (Å²) in [6, 6.07) is 15.7. The lowest BCUT2D eigenvalue weighted by atomic mass is 9.82. The Morgan fingerprint density at radius 2 is 1.80 bits per heavy atom. The quantitative estimate of drug-likeness (QED) is 0.414. The van der Waals surface area contributed by atoms with Gasteiger partial charge in [0.1, 0.15) is 11.4 Å². The van der Waals surface area contributed by atoms with Crippen molar-refractivity contribution in [1.29, 1.82) is 0 Å². The molecule has 2 aromatic rings. The number of nitrogens with two attached hydrogens (primary N) is 1. The molecule has 4 aliphatic rings. The highest BCUT2D eigenvalue weighted by molar-refractivity contribution is 5.98. The normalized spacial score (nSPS) is 23.6. The number of carbonyl (C=O) groups excluding carboxylic acids is 1. The average molecular weight is 544 g/mol. The molecule has 1 fully saturated rings. The summed E-state index contributed by atoms with van der Waals surface area (Å²) in [5.74, 6) is 2.84. The zero-order valence-electron chi connectivity index (χ0n) is 25.5. The topological polar surface area (TPSA) is 76.7 Å². The van der Waals surface area contributed by atoms with Crippen LogP contribution in [0, 0.1) is 5.92 Å². The van der Waals surface area contributed by atoms with Crippen LogP contribution in [0.4, 0.5) is 0 Å². The second-order valence-corrected chi connectivity index (χ2v) is 12.6. The molecule has 3 unspecified atom stereocenters. The highest BCUT2D eigenvalue weighted by Gasteiger charge is 2.32. The number of aliphatic imine (C=N–C) groups is 1. The molecule has 3 atom stereocenters. The van der Waals surface area contributed by atoms with Gasteiger partial charge in [-0.05, 0) is 111 Å². The van der Waals surface area contributed by atoms with E-state index < -0.39 is 0 Å². The molecule has 5 heteroatoms. The van der Waals surface area contributed by atoms with Crippen LogP contribution in [0.25, 0.3) is 5.57 Å². The van der Waals surface area contributed by atoms with E-state index in [1.807, 2.05) is 6.92 Å².